The van der Waals surface area contributed by atoms with Gasteiger partial charge in [0, 0.05) is 5.88 Å². The van der Waals surface area contributed by atoms with Crippen molar-refractivity contribution in [3.8, 4) is 5.75 Å². The van der Waals surface area contributed by atoms with Crippen LogP contribution in [0.5, 0.6) is 5.75 Å². The third-order valence-corrected chi connectivity index (χ3v) is 7.31. The highest BCUT2D eigenvalue weighted by Gasteiger charge is 2.65. The summed E-state index contributed by atoms with van der Waals surface area (Å²) < 4.78 is 7.88. The highest BCUT2D eigenvalue weighted by atomic mass is 35.6. The van der Waals surface area contributed by atoms with Crippen molar-refractivity contribution in [1.82, 2.24) is 10.2 Å². The number of para-hydroxylation sites is 1. The standard InChI is InChI=1S/C18H18Cl4N2O5S/c1-17(8-19)13(16(27)29-9-18(20,21)22)24-14(26)12(15(24)30-17)23-11(25)7-28-10-5-3-2-4-6-10/h2-6,12-13,15H,7-9H2,1H3,(H,23,25)/t12?,13?,15-,17?/m0/s1. The quantitative estimate of drug-likeness (QED) is 0.341. The number of hydrogen-bond donors (Lipinski definition) is 1. The Morgan fingerprint density at radius 3 is 2.53 bits per heavy atom. The van der Waals surface area contributed by atoms with Gasteiger partial charge in [-0.25, -0.2) is 4.79 Å². The number of fused-ring (bicyclic) bond motifs is 1. The maximum atomic E-state index is 12.7. The van der Waals surface area contributed by atoms with Gasteiger partial charge in [0.1, 0.15) is 29.8 Å². The molecular weight excluding hydrogens is 498 g/mol. The van der Waals surface area contributed by atoms with Crippen molar-refractivity contribution in [2.45, 2.75) is 32.9 Å². The molecule has 3 unspecified atom stereocenters. The topological polar surface area (TPSA) is 84.9 Å². The first kappa shape index (κ1) is 23.6. The first-order valence-corrected chi connectivity index (χ1v) is 11.4. The number of esters is 1. The van der Waals surface area contributed by atoms with Gasteiger partial charge in [-0.15, -0.1) is 23.4 Å². The van der Waals surface area contributed by atoms with Crippen LogP contribution in [-0.4, -0.2) is 67.8 Å². The van der Waals surface area contributed by atoms with E-state index in [2.05, 4.69) is 5.32 Å². The van der Waals surface area contributed by atoms with Crippen molar-refractivity contribution in [2.75, 3.05) is 19.1 Å². The van der Waals surface area contributed by atoms with Crippen LogP contribution in [0, 0.1) is 0 Å². The zero-order valence-electron chi connectivity index (χ0n) is 15.6. The Morgan fingerprint density at radius 2 is 1.93 bits per heavy atom. The third-order valence-electron chi connectivity index (χ3n) is 4.62. The van der Waals surface area contributed by atoms with E-state index in [9.17, 15) is 14.4 Å². The van der Waals surface area contributed by atoms with E-state index < -0.39 is 50.4 Å². The van der Waals surface area contributed by atoms with E-state index in [1.807, 2.05) is 6.07 Å². The number of carbonyl (C=O) groups is 3. The molecule has 2 fully saturated rings. The van der Waals surface area contributed by atoms with Crippen molar-refractivity contribution in [2.24, 2.45) is 0 Å². The average molecular weight is 516 g/mol. The predicted molar refractivity (Wildman–Crippen MR) is 116 cm³/mol. The maximum absolute atomic E-state index is 12.7. The number of nitrogens with zero attached hydrogens (tertiary/aromatic N) is 1. The highest BCUT2D eigenvalue weighted by molar-refractivity contribution is 8.01. The average Bonchev–Trinajstić information content (AvgIpc) is 2.99. The van der Waals surface area contributed by atoms with Gasteiger partial charge in [-0.2, -0.15) is 0 Å². The predicted octanol–water partition coefficient (Wildman–Crippen LogP) is 2.74. The highest BCUT2D eigenvalue weighted by Crippen LogP contribution is 2.51. The van der Waals surface area contributed by atoms with Crippen molar-refractivity contribution < 1.29 is 23.9 Å². The van der Waals surface area contributed by atoms with Crippen LogP contribution in [0.15, 0.2) is 30.3 Å². The summed E-state index contributed by atoms with van der Waals surface area (Å²) in [7, 11) is 0. The molecule has 164 valence electrons. The summed E-state index contributed by atoms with van der Waals surface area (Å²) in [6.07, 6.45) is 0. The lowest BCUT2D eigenvalue weighted by atomic mass is 9.96. The molecule has 7 nitrogen and oxygen atoms in total. The maximum Gasteiger partial charge on any atom is 0.330 e. The van der Waals surface area contributed by atoms with Crippen molar-refractivity contribution in [1.29, 1.82) is 0 Å². The molecule has 1 N–H and O–H groups in total. The molecule has 2 amide bonds. The van der Waals surface area contributed by atoms with Crippen LogP contribution in [0.3, 0.4) is 0 Å². The number of thioether (sulfide) groups is 1. The fourth-order valence-corrected chi connectivity index (χ4v) is 5.34. The molecule has 1 aromatic carbocycles. The molecule has 2 saturated heterocycles. The van der Waals surface area contributed by atoms with Gasteiger partial charge in [0.25, 0.3) is 5.91 Å². The lowest BCUT2D eigenvalue weighted by Gasteiger charge is -2.44. The first-order valence-electron chi connectivity index (χ1n) is 8.82. The Morgan fingerprint density at radius 1 is 1.27 bits per heavy atom. The van der Waals surface area contributed by atoms with Gasteiger partial charge in [0.15, 0.2) is 6.61 Å². The minimum Gasteiger partial charge on any atom is -0.484 e. The van der Waals surface area contributed by atoms with Gasteiger partial charge in [0.05, 0.1) is 4.75 Å². The van der Waals surface area contributed by atoms with Crippen molar-refractivity contribution >= 4 is 75.9 Å². The van der Waals surface area contributed by atoms with Gasteiger partial charge in [0.2, 0.25) is 9.70 Å². The van der Waals surface area contributed by atoms with Crippen LogP contribution in [-0.2, 0) is 19.1 Å². The molecule has 0 saturated carbocycles. The van der Waals surface area contributed by atoms with Crippen molar-refractivity contribution in [3.63, 3.8) is 0 Å². The summed E-state index contributed by atoms with van der Waals surface area (Å²) >= 11 is 24.3. The van der Waals surface area contributed by atoms with E-state index in [0.717, 1.165) is 0 Å². The molecule has 12 heteroatoms. The van der Waals surface area contributed by atoms with Crippen LogP contribution in [0.2, 0.25) is 0 Å². The number of nitrogens with one attached hydrogen (secondary N) is 1. The largest absolute Gasteiger partial charge is 0.484 e. The van der Waals surface area contributed by atoms with E-state index in [0.29, 0.717) is 5.75 Å². The van der Waals surface area contributed by atoms with Crippen LogP contribution >= 0.6 is 58.2 Å². The summed E-state index contributed by atoms with van der Waals surface area (Å²) in [5.41, 5.74) is 0. The number of hydrogen-bond acceptors (Lipinski definition) is 6. The zero-order valence-corrected chi connectivity index (χ0v) is 19.5. The number of ether oxygens (including phenoxy) is 2. The van der Waals surface area contributed by atoms with Crippen LogP contribution in [0.25, 0.3) is 0 Å². The van der Waals surface area contributed by atoms with E-state index in [1.54, 1.807) is 31.2 Å². The molecule has 4 atom stereocenters. The van der Waals surface area contributed by atoms with Crippen molar-refractivity contribution in [3.05, 3.63) is 30.3 Å². The second-order valence-electron chi connectivity index (χ2n) is 6.97. The number of carbonyl (C=O) groups excluding carboxylic acids is 3. The number of amides is 2. The minimum atomic E-state index is -1.77. The van der Waals surface area contributed by atoms with E-state index in [4.69, 9.17) is 55.9 Å². The van der Waals surface area contributed by atoms with Gasteiger partial charge in [-0.1, -0.05) is 53.0 Å². The summed E-state index contributed by atoms with van der Waals surface area (Å²) in [6.45, 7) is 1.04. The summed E-state index contributed by atoms with van der Waals surface area (Å²) in [5.74, 6) is -0.970. The number of rotatable bonds is 7. The third kappa shape index (κ3) is 5.05. The summed E-state index contributed by atoms with van der Waals surface area (Å²) in [6, 6.07) is 7.07. The van der Waals surface area contributed by atoms with Gasteiger partial charge in [-0.05, 0) is 19.1 Å². The molecule has 30 heavy (non-hydrogen) atoms. The Hall–Kier alpha value is -1.06. The molecule has 0 spiro atoms. The molecule has 0 bridgehead atoms. The number of benzene rings is 1. The van der Waals surface area contributed by atoms with Gasteiger partial charge < -0.3 is 19.7 Å². The SMILES string of the molecule is CC1(CCl)S[C@H]2C(NC(=O)COc3ccccc3)C(=O)N2C1C(=O)OCC(Cl)(Cl)Cl. The second kappa shape index (κ2) is 9.20. The zero-order chi connectivity index (χ0) is 22.1. The number of alkyl halides is 4. The molecule has 2 aliphatic heterocycles. The molecule has 3 rings (SSSR count). The van der Waals surface area contributed by atoms with Crippen LogP contribution in [0.1, 0.15) is 6.92 Å². The summed E-state index contributed by atoms with van der Waals surface area (Å²) in [4.78, 5) is 38.9. The molecule has 1 aromatic rings. The smallest absolute Gasteiger partial charge is 0.330 e. The molecule has 2 aliphatic rings. The number of β-lactam (4-membered cyclic amide) rings is 1. The van der Waals surface area contributed by atoms with E-state index >= 15 is 0 Å². The van der Waals surface area contributed by atoms with Crippen LogP contribution in [0.4, 0.5) is 0 Å². The van der Waals surface area contributed by atoms with Crippen LogP contribution < -0.4 is 10.1 Å². The van der Waals surface area contributed by atoms with E-state index in [-0.39, 0.29) is 12.5 Å². The molecule has 0 radical (unpaired) electrons. The normalized spacial score (nSPS) is 27.8. The Bertz CT molecular complexity index is 825. The molecule has 0 aromatic heterocycles. The lowest BCUT2D eigenvalue weighted by Crippen LogP contribution is -2.71. The first-order chi connectivity index (χ1) is 14.1. The minimum absolute atomic E-state index is 0.0727. The van der Waals surface area contributed by atoms with E-state index in [1.165, 1.54) is 16.7 Å². The van der Waals surface area contributed by atoms with Gasteiger partial charge >= 0.3 is 5.97 Å². The lowest BCUT2D eigenvalue weighted by molar-refractivity contribution is -0.164. The molecule has 0 aliphatic carbocycles. The van der Waals surface area contributed by atoms with Gasteiger partial charge in [-0.3, -0.25) is 9.59 Å². The second-order valence-corrected chi connectivity index (χ2v) is 11.4. The fraction of sp³-hybridized carbons (Fsp3) is 0.500. The Balaban J connectivity index is 1.62. The Kier molecular flexibility index (Phi) is 7.24. The summed E-state index contributed by atoms with van der Waals surface area (Å²) in [5, 5.41) is 2.19. The fourth-order valence-electron chi connectivity index (χ4n) is 3.23. The monoisotopic (exact) mass is 514 g/mol. The Labute approximate surface area is 197 Å². The number of halogens is 4. The molecule has 2 heterocycles. The molecular formula is C18H18Cl4N2O5S.